The van der Waals surface area contributed by atoms with Gasteiger partial charge >= 0.3 is 5.97 Å². The zero-order chi connectivity index (χ0) is 26.3. The highest BCUT2D eigenvalue weighted by Crippen LogP contribution is 2.41. The van der Waals surface area contributed by atoms with E-state index in [4.69, 9.17) is 10.6 Å². The molecule has 3 aliphatic rings. The molecular weight excluding hydrogens is 536 g/mol. The molecule has 5 rings (SSSR count). The maximum absolute atomic E-state index is 13.1. The maximum Gasteiger partial charge on any atom is 0.353 e. The Morgan fingerprint density at radius 3 is 2.89 bits per heavy atom. The summed E-state index contributed by atoms with van der Waals surface area (Å²) in [6, 6.07) is 0.619. The van der Waals surface area contributed by atoms with Crippen LogP contribution in [0, 0.1) is 0 Å². The molecular formula is C23H22N6O5S3. The van der Waals surface area contributed by atoms with Gasteiger partial charge in [0.15, 0.2) is 10.8 Å². The fraction of sp³-hybridized carbons (Fsp3) is 0.261. The summed E-state index contributed by atoms with van der Waals surface area (Å²) in [6.45, 7) is 2.59. The number of nitrogens with two attached hydrogens (primary N) is 1. The Bertz CT molecular complexity index is 1410. The molecule has 14 heteroatoms. The summed E-state index contributed by atoms with van der Waals surface area (Å²) >= 11 is 4.10. The van der Waals surface area contributed by atoms with Crippen LogP contribution in [-0.4, -0.2) is 70.0 Å². The number of carbonyl (C=O) groups is 3. The van der Waals surface area contributed by atoms with Crippen molar-refractivity contribution in [3.8, 4) is 0 Å². The number of thioether (sulfide) groups is 1. The van der Waals surface area contributed by atoms with E-state index in [1.54, 1.807) is 16.7 Å². The van der Waals surface area contributed by atoms with Gasteiger partial charge in [0.2, 0.25) is 0 Å². The zero-order valence-corrected chi connectivity index (χ0v) is 22.2. The van der Waals surface area contributed by atoms with Gasteiger partial charge in [-0.05, 0) is 24.4 Å². The van der Waals surface area contributed by atoms with Crippen molar-refractivity contribution in [2.24, 2.45) is 5.16 Å². The predicted octanol–water partition coefficient (Wildman–Crippen LogP) is 2.31. The number of thiazole rings is 1. The first-order valence-electron chi connectivity index (χ1n) is 11.1. The number of nitrogens with zero attached hydrogens (tertiary/aromatic N) is 4. The summed E-state index contributed by atoms with van der Waals surface area (Å²) in [5.74, 6) is -1.96. The zero-order valence-electron chi connectivity index (χ0n) is 19.7. The second-order valence-corrected chi connectivity index (χ2v) is 11.1. The van der Waals surface area contributed by atoms with E-state index in [9.17, 15) is 19.5 Å². The van der Waals surface area contributed by atoms with Gasteiger partial charge in [-0.15, -0.1) is 34.4 Å². The van der Waals surface area contributed by atoms with Gasteiger partial charge in [-0.1, -0.05) is 17.3 Å². The molecule has 1 fully saturated rings. The Labute approximate surface area is 224 Å². The van der Waals surface area contributed by atoms with Crippen LogP contribution in [0.15, 0.2) is 50.4 Å². The van der Waals surface area contributed by atoms with Crippen molar-refractivity contribution in [3.63, 3.8) is 0 Å². The minimum Gasteiger partial charge on any atom is -0.477 e. The van der Waals surface area contributed by atoms with E-state index in [0.717, 1.165) is 27.6 Å². The van der Waals surface area contributed by atoms with Gasteiger partial charge in [-0.25, -0.2) is 9.78 Å². The minimum atomic E-state index is -1.20. The number of nitrogens with one attached hydrogen (secondary N) is 1. The Balaban J connectivity index is 1.37. The molecule has 37 heavy (non-hydrogen) atoms. The van der Waals surface area contributed by atoms with Crippen LogP contribution < -0.4 is 16.0 Å². The molecule has 2 unspecified atom stereocenters. The number of rotatable bonds is 7. The summed E-state index contributed by atoms with van der Waals surface area (Å²) in [4.78, 5) is 51.0. The van der Waals surface area contributed by atoms with Crippen LogP contribution >= 0.6 is 34.4 Å². The molecule has 0 saturated carbocycles. The average Bonchev–Trinajstić information content (AvgIpc) is 3.53. The van der Waals surface area contributed by atoms with Crippen molar-refractivity contribution in [1.82, 2.24) is 15.2 Å². The third-order valence-corrected chi connectivity index (χ3v) is 8.78. The van der Waals surface area contributed by atoms with Crippen LogP contribution in [0.25, 0.3) is 6.08 Å². The molecule has 1 saturated heterocycles. The molecule has 0 spiro atoms. The molecule has 192 valence electrons. The molecule has 0 aliphatic carbocycles. The SMILES string of the molecule is CON=C(C(=O)NC1C(=O)N2C(C(=O)O)=C(C=C(C)N3CC=Cc4ccsc43)SCC12)c1csc(N)n1. The van der Waals surface area contributed by atoms with Crippen molar-refractivity contribution < 1.29 is 24.3 Å². The van der Waals surface area contributed by atoms with Crippen molar-refractivity contribution >= 4 is 74.1 Å². The number of aliphatic carboxylic acids is 1. The minimum absolute atomic E-state index is 0.0897. The molecule has 3 aliphatic heterocycles. The van der Waals surface area contributed by atoms with E-state index >= 15 is 0 Å². The number of carboxylic acids is 1. The molecule has 0 aromatic carbocycles. The van der Waals surface area contributed by atoms with E-state index in [2.05, 4.69) is 32.5 Å². The summed E-state index contributed by atoms with van der Waals surface area (Å²) in [5.41, 5.74) is 7.65. The standard InChI is InChI=1S/C23H22N6O5S3/c1-11(28-6-3-4-12-5-7-35-21(12)28)8-15-18(22(32)33)29-14(10-36-15)17(20(29)31)26-19(30)16(27-34-2)13-9-37-23(24)25-13/h3-5,7-9,14,17H,6,10H2,1-2H3,(H2,24,25)(H,26,30)(H,32,33). The van der Waals surface area contributed by atoms with Crippen LogP contribution in [0.1, 0.15) is 18.2 Å². The van der Waals surface area contributed by atoms with E-state index in [1.807, 2.05) is 24.4 Å². The lowest BCUT2D eigenvalue weighted by Crippen LogP contribution is -2.73. The second-order valence-electron chi connectivity index (χ2n) is 8.23. The molecule has 2 aromatic heterocycles. The Morgan fingerprint density at radius 2 is 2.19 bits per heavy atom. The van der Waals surface area contributed by atoms with Gasteiger partial charge < -0.3 is 25.9 Å². The highest BCUT2D eigenvalue weighted by Gasteiger charge is 2.54. The molecule has 2 atom stereocenters. The number of hydrogen-bond donors (Lipinski definition) is 3. The van der Waals surface area contributed by atoms with E-state index in [-0.39, 0.29) is 22.2 Å². The number of β-lactam (4-membered cyclic amide) rings is 1. The number of nitrogen functional groups attached to an aromatic ring is 1. The smallest absolute Gasteiger partial charge is 0.353 e. The third-order valence-electron chi connectivity index (χ3n) is 6.03. The van der Waals surface area contributed by atoms with Gasteiger partial charge in [0.05, 0.1) is 6.04 Å². The van der Waals surface area contributed by atoms with Crippen LogP contribution in [-0.2, 0) is 19.2 Å². The van der Waals surface area contributed by atoms with Crippen molar-refractivity contribution in [2.75, 3.05) is 30.0 Å². The average molecular weight is 559 g/mol. The van der Waals surface area contributed by atoms with Gasteiger partial charge in [-0.3, -0.25) is 14.5 Å². The normalized spacial score (nSPS) is 21.4. The number of amides is 2. The molecule has 0 radical (unpaired) electrons. The largest absolute Gasteiger partial charge is 0.477 e. The Hall–Kier alpha value is -3.62. The van der Waals surface area contributed by atoms with Gasteiger partial charge in [-0.2, -0.15) is 0 Å². The number of carboxylic acid groups (broad SMARTS) is 1. The lowest BCUT2D eigenvalue weighted by Gasteiger charge is -2.49. The van der Waals surface area contributed by atoms with Gasteiger partial charge in [0, 0.05) is 33.8 Å². The van der Waals surface area contributed by atoms with E-state index in [0.29, 0.717) is 17.2 Å². The number of carbonyl (C=O) groups excluding carboxylic acids is 2. The first-order valence-corrected chi connectivity index (χ1v) is 13.8. The van der Waals surface area contributed by atoms with Crippen LogP contribution in [0.5, 0.6) is 0 Å². The first kappa shape index (κ1) is 25.0. The fourth-order valence-corrected chi connectivity index (χ4v) is 7.11. The van der Waals surface area contributed by atoms with E-state index in [1.165, 1.54) is 23.8 Å². The summed E-state index contributed by atoms with van der Waals surface area (Å²) < 4.78 is 0. The van der Waals surface area contributed by atoms with Crippen LogP contribution in [0.4, 0.5) is 10.1 Å². The third kappa shape index (κ3) is 4.51. The number of anilines is 2. The molecule has 4 N–H and O–H groups in total. The molecule has 11 nitrogen and oxygen atoms in total. The van der Waals surface area contributed by atoms with Crippen molar-refractivity contribution in [3.05, 3.63) is 56.5 Å². The fourth-order valence-electron chi connectivity index (χ4n) is 4.33. The molecule has 2 aromatic rings. The Kier molecular flexibility index (Phi) is 6.79. The molecule has 0 bridgehead atoms. The first-order chi connectivity index (χ1) is 17.8. The molecule has 5 heterocycles. The second kappa shape index (κ2) is 10.0. The maximum atomic E-state index is 13.1. The predicted molar refractivity (Wildman–Crippen MR) is 144 cm³/mol. The van der Waals surface area contributed by atoms with Crippen molar-refractivity contribution in [1.29, 1.82) is 0 Å². The number of aromatic nitrogens is 1. The number of hydrogen-bond acceptors (Lipinski definition) is 11. The number of oxime groups is 1. The quantitative estimate of drug-likeness (QED) is 0.264. The highest BCUT2D eigenvalue weighted by atomic mass is 32.2. The van der Waals surface area contributed by atoms with Gasteiger partial charge in [0.25, 0.3) is 11.8 Å². The number of fused-ring (bicyclic) bond motifs is 2. The number of allylic oxidation sites excluding steroid dienone is 2. The molecule has 2 amide bonds. The Morgan fingerprint density at radius 1 is 1.38 bits per heavy atom. The lowest BCUT2D eigenvalue weighted by atomic mass is 9.94. The van der Waals surface area contributed by atoms with E-state index < -0.39 is 29.9 Å². The summed E-state index contributed by atoms with van der Waals surface area (Å²) in [6.07, 6.45) is 5.93. The monoisotopic (exact) mass is 558 g/mol. The summed E-state index contributed by atoms with van der Waals surface area (Å²) in [7, 11) is 1.29. The lowest BCUT2D eigenvalue weighted by molar-refractivity contribution is -0.153. The van der Waals surface area contributed by atoms with Crippen LogP contribution in [0.3, 0.4) is 0 Å². The topological polar surface area (TPSA) is 150 Å². The van der Waals surface area contributed by atoms with Gasteiger partial charge in [0.1, 0.15) is 29.5 Å². The van der Waals surface area contributed by atoms with Crippen molar-refractivity contribution in [2.45, 2.75) is 19.0 Å². The van der Waals surface area contributed by atoms with Crippen LogP contribution in [0.2, 0.25) is 0 Å². The summed E-state index contributed by atoms with van der Waals surface area (Å²) in [5, 5.41) is 21.3. The number of thiophene rings is 1. The highest BCUT2D eigenvalue weighted by molar-refractivity contribution is 8.03.